The van der Waals surface area contributed by atoms with E-state index in [0.717, 1.165) is 30.8 Å². The maximum absolute atomic E-state index is 5.06. The van der Waals surface area contributed by atoms with Crippen LogP contribution in [-0.2, 0) is 13.0 Å². The summed E-state index contributed by atoms with van der Waals surface area (Å²) in [5.74, 6) is 0. The first kappa shape index (κ1) is 8.68. The van der Waals surface area contributed by atoms with E-state index in [2.05, 4.69) is 22.4 Å². The van der Waals surface area contributed by atoms with Gasteiger partial charge in [-0.3, -0.25) is 4.98 Å². The molecule has 3 rings (SSSR count). The van der Waals surface area contributed by atoms with Gasteiger partial charge in [-0.2, -0.15) is 0 Å². The molecule has 3 nitrogen and oxygen atoms in total. The van der Waals surface area contributed by atoms with Gasteiger partial charge in [0.05, 0.1) is 18.2 Å². The highest BCUT2D eigenvalue weighted by Crippen LogP contribution is 2.20. The van der Waals surface area contributed by atoms with Crippen molar-refractivity contribution in [2.45, 2.75) is 13.0 Å². The minimum atomic E-state index is 0.938. The first-order valence-corrected chi connectivity index (χ1v) is 5.15. The van der Waals surface area contributed by atoms with Crippen molar-refractivity contribution in [2.75, 3.05) is 6.54 Å². The van der Waals surface area contributed by atoms with E-state index >= 15 is 0 Å². The number of hydrogen-bond acceptors (Lipinski definition) is 3. The molecule has 0 fully saturated rings. The summed E-state index contributed by atoms with van der Waals surface area (Å²) < 4.78 is 5.06. The Morgan fingerprint density at radius 3 is 3.13 bits per heavy atom. The highest BCUT2D eigenvalue weighted by molar-refractivity contribution is 5.58. The number of hydrogen-bond donors (Lipinski definition) is 1. The number of fused-ring (bicyclic) bond motifs is 1. The van der Waals surface area contributed by atoms with Gasteiger partial charge in [0.2, 0.25) is 0 Å². The van der Waals surface area contributed by atoms with Crippen LogP contribution in [0, 0.1) is 0 Å². The highest BCUT2D eigenvalue weighted by atomic mass is 16.3. The second-order valence-electron chi connectivity index (χ2n) is 3.74. The molecule has 0 aliphatic carbocycles. The molecule has 0 spiro atoms. The monoisotopic (exact) mass is 200 g/mol. The van der Waals surface area contributed by atoms with Gasteiger partial charge in [0.15, 0.2) is 0 Å². The van der Waals surface area contributed by atoms with E-state index in [0.29, 0.717) is 0 Å². The van der Waals surface area contributed by atoms with Gasteiger partial charge in [0, 0.05) is 30.8 Å². The fourth-order valence-corrected chi connectivity index (χ4v) is 1.91. The summed E-state index contributed by atoms with van der Waals surface area (Å²) in [5.41, 5.74) is 4.58. The molecule has 0 aromatic carbocycles. The van der Waals surface area contributed by atoms with Crippen molar-refractivity contribution >= 4 is 0 Å². The van der Waals surface area contributed by atoms with Crippen LogP contribution in [0.4, 0.5) is 0 Å². The normalized spacial score (nSPS) is 14.9. The standard InChI is InChI=1S/C12H12N2O/c1-2-11(10-4-6-15-8-10)14-12-3-5-13-7-9(1)12/h1-2,4,6,8,13H,3,5,7H2. The predicted octanol–water partition coefficient (Wildman–Crippen LogP) is 1.99. The molecule has 3 heterocycles. The van der Waals surface area contributed by atoms with E-state index < -0.39 is 0 Å². The summed E-state index contributed by atoms with van der Waals surface area (Å²) in [6.45, 7) is 1.96. The molecular formula is C12H12N2O. The SMILES string of the molecule is c1cc(-c2ccc3c(n2)CCNC3)co1. The molecule has 76 valence electrons. The third-order valence-electron chi connectivity index (χ3n) is 2.74. The van der Waals surface area contributed by atoms with E-state index in [9.17, 15) is 0 Å². The Hall–Kier alpha value is -1.61. The number of nitrogens with zero attached hydrogens (tertiary/aromatic N) is 1. The summed E-state index contributed by atoms with van der Waals surface area (Å²) in [6, 6.07) is 6.14. The number of aromatic nitrogens is 1. The Morgan fingerprint density at radius 1 is 1.27 bits per heavy atom. The highest BCUT2D eigenvalue weighted by Gasteiger charge is 2.11. The largest absolute Gasteiger partial charge is 0.472 e. The molecule has 0 bridgehead atoms. The first-order chi connectivity index (χ1) is 7.43. The van der Waals surface area contributed by atoms with Gasteiger partial charge >= 0.3 is 0 Å². The van der Waals surface area contributed by atoms with Crippen molar-refractivity contribution in [2.24, 2.45) is 0 Å². The van der Waals surface area contributed by atoms with Crippen molar-refractivity contribution in [3.05, 3.63) is 42.0 Å². The van der Waals surface area contributed by atoms with E-state index in [1.807, 2.05) is 6.07 Å². The molecule has 0 radical (unpaired) electrons. The van der Waals surface area contributed by atoms with Crippen molar-refractivity contribution < 1.29 is 4.42 Å². The van der Waals surface area contributed by atoms with Crippen LogP contribution >= 0.6 is 0 Å². The zero-order chi connectivity index (χ0) is 10.1. The number of rotatable bonds is 1. The smallest absolute Gasteiger partial charge is 0.0996 e. The molecule has 2 aromatic rings. The first-order valence-electron chi connectivity index (χ1n) is 5.15. The molecular weight excluding hydrogens is 188 g/mol. The van der Waals surface area contributed by atoms with Crippen LogP contribution in [0.5, 0.6) is 0 Å². The Labute approximate surface area is 88.1 Å². The fourth-order valence-electron chi connectivity index (χ4n) is 1.91. The van der Waals surface area contributed by atoms with Crippen LogP contribution in [0.1, 0.15) is 11.3 Å². The maximum Gasteiger partial charge on any atom is 0.0996 e. The Bertz CT molecular complexity index is 462. The summed E-state index contributed by atoms with van der Waals surface area (Å²) in [7, 11) is 0. The molecule has 0 saturated carbocycles. The van der Waals surface area contributed by atoms with Gasteiger partial charge in [-0.15, -0.1) is 0 Å². The molecule has 0 saturated heterocycles. The van der Waals surface area contributed by atoms with Crippen LogP contribution in [0.2, 0.25) is 0 Å². The van der Waals surface area contributed by atoms with E-state index in [-0.39, 0.29) is 0 Å². The van der Waals surface area contributed by atoms with E-state index in [1.165, 1.54) is 11.3 Å². The third-order valence-corrected chi connectivity index (χ3v) is 2.74. The average molecular weight is 200 g/mol. The minimum absolute atomic E-state index is 0.938. The second-order valence-corrected chi connectivity index (χ2v) is 3.74. The van der Waals surface area contributed by atoms with Gasteiger partial charge in [-0.1, -0.05) is 6.07 Å². The van der Waals surface area contributed by atoms with E-state index in [4.69, 9.17) is 4.42 Å². The Kier molecular flexibility index (Phi) is 2.03. The van der Waals surface area contributed by atoms with Crippen molar-refractivity contribution in [3.8, 4) is 11.3 Å². The topological polar surface area (TPSA) is 38.1 Å². The van der Waals surface area contributed by atoms with Gasteiger partial charge in [-0.05, 0) is 17.7 Å². The minimum Gasteiger partial charge on any atom is -0.472 e. The van der Waals surface area contributed by atoms with Gasteiger partial charge in [-0.25, -0.2) is 0 Å². The summed E-state index contributed by atoms with van der Waals surface area (Å²) in [4.78, 5) is 4.66. The molecule has 0 amide bonds. The van der Waals surface area contributed by atoms with Crippen molar-refractivity contribution in [3.63, 3.8) is 0 Å². The van der Waals surface area contributed by atoms with Crippen LogP contribution in [0.15, 0.2) is 35.1 Å². The zero-order valence-electron chi connectivity index (χ0n) is 8.36. The van der Waals surface area contributed by atoms with Gasteiger partial charge < -0.3 is 9.73 Å². The zero-order valence-corrected chi connectivity index (χ0v) is 8.36. The van der Waals surface area contributed by atoms with Gasteiger partial charge in [0.1, 0.15) is 0 Å². The van der Waals surface area contributed by atoms with Crippen LogP contribution in [-0.4, -0.2) is 11.5 Å². The van der Waals surface area contributed by atoms with Crippen LogP contribution in [0.3, 0.4) is 0 Å². The number of nitrogens with one attached hydrogen (secondary N) is 1. The lowest BCUT2D eigenvalue weighted by molar-refractivity contribution is 0.568. The third kappa shape index (κ3) is 1.55. The predicted molar refractivity (Wildman–Crippen MR) is 57.3 cm³/mol. The average Bonchev–Trinajstić information content (AvgIpc) is 2.82. The lowest BCUT2D eigenvalue weighted by Gasteiger charge is -2.16. The van der Waals surface area contributed by atoms with E-state index in [1.54, 1.807) is 12.5 Å². The molecule has 15 heavy (non-hydrogen) atoms. The van der Waals surface area contributed by atoms with Gasteiger partial charge in [0.25, 0.3) is 0 Å². The molecule has 1 aliphatic rings. The lowest BCUT2D eigenvalue weighted by atomic mass is 10.1. The molecule has 2 aromatic heterocycles. The molecule has 3 heteroatoms. The molecule has 1 aliphatic heterocycles. The molecule has 1 N–H and O–H groups in total. The van der Waals surface area contributed by atoms with Crippen molar-refractivity contribution in [1.82, 2.24) is 10.3 Å². The Balaban J connectivity index is 2.04. The van der Waals surface area contributed by atoms with Crippen molar-refractivity contribution in [1.29, 1.82) is 0 Å². The van der Waals surface area contributed by atoms with Crippen LogP contribution in [0.25, 0.3) is 11.3 Å². The summed E-state index contributed by atoms with van der Waals surface area (Å²) in [6.07, 6.45) is 4.43. The maximum atomic E-state index is 5.06. The summed E-state index contributed by atoms with van der Waals surface area (Å²) >= 11 is 0. The summed E-state index contributed by atoms with van der Waals surface area (Å²) in [5, 5.41) is 3.34. The molecule has 0 unspecified atom stereocenters. The number of furan rings is 1. The number of pyridine rings is 1. The quantitative estimate of drug-likeness (QED) is 0.765. The fraction of sp³-hybridized carbons (Fsp3) is 0.250. The van der Waals surface area contributed by atoms with Crippen LogP contribution < -0.4 is 5.32 Å². The Morgan fingerprint density at radius 2 is 2.27 bits per heavy atom. The second kappa shape index (κ2) is 3.51. The molecule has 0 atom stereocenters. The lowest BCUT2D eigenvalue weighted by Crippen LogP contribution is -2.24.